The number of carbonyl (C=O) groups is 1. The minimum Gasteiger partial charge on any atom is -0.491 e. The average Bonchev–Trinajstić information content (AvgIpc) is 2.82. The molecule has 0 saturated heterocycles. The van der Waals surface area contributed by atoms with Crippen molar-refractivity contribution in [3.05, 3.63) is 35.7 Å². The van der Waals surface area contributed by atoms with Gasteiger partial charge >= 0.3 is 5.97 Å². The van der Waals surface area contributed by atoms with Crippen molar-refractivity contribution in [1.82, 2.24) is 15.0 Å². The molecule has 0 aliphatic heterocycles. The van der Waals surface area contributed by atoms with Crippen LogP contribution < -0.4 is 4.74 Å². The monoisotopic (exact) mass is 277 g/mol. The molecule has 2 rings (SSSR count). The molecule has 7 nitrogen and oxygen atoms in total. The topological polar surface area (TPSA) is 86.5 Å². The Labute approximate surface area is 115 Å². The van der Waals surface area contributed by atoms with Gasteiger partial charge in [-0.3, -0.25) is 0 Å². The fourth-order valence-electron chi connectivity index (χ4n) is 1.61. The third-order valence-electron chi connectivity index (χ3n) is 2.61. The smallest absolute Gasteiger partial charge is 0.358 e. The molecule has 1 aromatic carbocycles. The van der Waals surface area contributed by atoms with Crippen LogP contribution >= 0.6 is 0 Å². The first-order chi connectivity index (χ1) is 9.61. The zero-order chi connectivity index (χ0) is 14.5. The number of aromatic nitrogens is 3. The molecular weight excluding hydrogens is 262 g/mol. The highest BCUT2D eigenvalue weighted by Crippen LogP contribution is 2.15. The van der Waals surface area contributed by atoms with Gasteiger partial charge in [-0.2, -0.15) is 9.90 Å². The molecule has 7 heteroatoms. The van der Waals surface area contributed by atoms with Gasteiger partial charge in [0.15, 0.2) is 5.69 Å². The van der Waals surface area contributed by atoms with Gasteiger partial charge in [0.1, 0.15) is 12.4 Å². The first kappa shape index (κ1) is 14.0. The summed E-state index contributed by atoms with van der Waals surface area (Å²) in [6.45, 7) is 2.59. The molecule has 0 fully saturated rings. The van der Waals surface area contributed by atoms with E-state index in [1.807, 2.05) is 0 Å². The Bertz CT molecular complexity index is 592. The molecule has 106 valence electrons. The van der Waals surface area contributed by atoms with Crippen LogP contribution in [0.15, 0.2) is 24.3 Å². The Morgan fingerprint density at radius 1 is 1.25 bits per heavy atom. The van der Waals surface area contributed by atoms with Crippen LogP contribution in [0, 0.1) is 6.92 Å². The number of hydrogen-bond acceptors (Lipinski definition) is 5. The van der Waals surface area contributed by atoms with E-state index in [1.165, 1.54) is 4.80 Å². The Balaban J connectivity index is 2.13. The van der Waals surface area contributed by atoms with E-state index in [1.54, 1.807) is 38.3 Å². The number of carboxylic acids is 1. The maximum atomic E-state index is 10.9. The molecule has 1 aromatic heterocycles. The van der Waals surface area contributed by atoms with E-state index in [4.69, 9.17) is 14.6 Å². The number of benzene rings is 1. The van der Waals surface area contributed by atoms with Crippen LogP contribution in [0.25, 0.3) is 5.69 Å². The molecule has 1 heterocycles. The van der Waals surface area contributed by atoms with Gasteiger partial charge < -0.3 is 14.6 Å². The summed E-state index contributed by atoms with van der Waals surface area (Å²) in [6, 6.07) is 7.05. The van der Waals surface area contributed by atoms with E-state index >= 15 is 0 Å². The second-order valence-corrected chi connectivity index (χ2v) is 4.06. The van der Waals surface area contributed by atoms with Crippen LogP contribution in [-0.4, -0.2) is 46.4 Å². The Kier molecular flexibility index (Phi) is 4.31. The number of methoxy groups -OCH3 is 1. The van der Waals surface area contributed by atoms with Gasteiger partial charge in [0.05, 0.1) is 18.0 Å². The second kappa shape index (κ2) is 6.16. The third kappa shape index (κ3) is 3.12. The number of carboxylic acid groups (broad SMARTS) is 1. The van der Waals surface area contributed by atoms with E-state index < -0.39 is 5.97 Å². The largest absolute Gasteiger partial charge is 0.491 e. The molecule has 2 aromatic rings. The molecule has 0 spiro atoms. The van der Waals surface area contributed by atoms with E-state index in [9.17, 15) is 4.79 Å². The Morgan fingerprint density at radius 3 is 2.50 bits per heavy atom. The van der Waals surface area contributed by atoms with E-state index in [0.717, 1.165) is 0 Å². The van der Waals surface area contributed by atoms with Gasteiger partial charge in [0.25, 0.3) is 0 Å². The number of nitrogens with zero attached hydrogens (tertiary/aromatic N) is 3. The summed E-state index contributed by atoms with van der Waals surface area (Å²) >= 11 is 0. The van der Waals surface area contributed by atoms with Crippen molar-refractivity contribution in [2.75, 3.05) is 20.3 Å². The predicted molar refractivity (Wildman–Crippen MR) is 70.4 cm³/mol. The van der Waals surface area contributed by atoms with Gasteiger partial charge in [-0.25, -0.2) is 4.79 Å². The van der Waals surface area contributed by atoms with Crippen molar-refractivity contribution < 1.29 is 19.4 Å². The minimum absolute atomic E-state index is 0.0505. The summed E-state index contributed by atoms with van der Waals surface area (Å²) in [4.78, 5) is 12.2. The average molecular weight is 277 g/mol. The number of ether oxygens (including phenoxy) is 2. The zero-order valence-electron chi connectivity index (χ0n) is 11.2. The van der Waals surface area contributed by atoms with Crippen molar-refractivity contribution in [2.45, 2.75) is 6.92 Å². The first-order valence-corrected chi connectivity index (χ1v) is 6.01. The van der Waals surface area contributed by atoms with E-state index in [0.29, 0.717) is 30.3 Å². The van der Waals surface area contributed by atoms with Crippen LogP contribution in [0.2, 0.25) is 0 Å². The van der Waals surface area contributed by atoms with Crippen molar-refractivity contribution in [1.29, 1.82) is 0 Å². The lowest BCUT2D eigenvalue weighted by molar-refractivity contribution is 0.0689. The maximum Gasteiger partial charge on any atom is 0.358 e. The molecule has 1 N–H and O–H groups in total. The molecular formula is C13H15N3O4. The van der Waals surface area contributed by atoms with Gasteiger partial charge in [-0.15, -0.1) is 5.10 Å². The van der Waals surface area contributed by atoms with E-state index in [2.05, 4.69) is 10.2 Å². The van der Waals surface area contributed by atoms with Crippen molar-refractivity contribution in [3.8, 4) is 11.4 Å². The van der Waals surface area contributed by atoms with Crippen molar-refractivity contribution >= 4 is 5.97 Å². The van der Waals surface area contributed by atoms with Crippen LogP contribution in [0.3, 0.4) is 0 Å². The predicted octanol–water partition coefficient (Wildman–Crippen LogP) is 1.30. The molecule has 0 atom stereocenters. The van der Waals surface area contributed by atoms with E-state index in [-0.39, 0.29) is 5.69 Å². The highest BCUT2D eigenvalue weighted by atomic mass is 16.5. The summed E-state index contributed by atoms with van der Waals surface area (Å²) in [5, 5.41) is 16.9. The van der Waals surface area contributed by atoms with Gasteiger partial charge in [-0.1, -0.05) is 0 Å². The lowest BCUT2D eigenvalue weighted by atomic mass is 10.3. The molecule has 0 aliphatic rings. The van der Waals surface area contributed by atoms with Crippen molar-refractivity contribution in [3.63, 3.8) is 0 Å². The SMILES string of the molecule is COCCOc1ccc(-n2nc(C)c(C(=O)O)n2)cc1. The summed E-state index contributed by atoms with van der Waals surface area (Å²) in [5.41, 5.74) is 0.989. The molecule has 20 heavy (non-hydrogen) atoms. The molecule has 0 aliphatic carbocycles. The van der Waals surface area contributed by atoms with Crippen LogP contribution in [0.5, 0.6) is 5.75 Å². The summed E-state index contributed by atoms with van der Waals surface area (Å²) in [7, 11) is 1.61. The standard InChI is InChI=1S/C13H15N3O4/c1-9-12(13(17)18)15-16(14-9)10-3-5-11(6-4-10)20-8-7-19-2/h3-6H,7-8H2,1-2H3,(H,17,18). The summed E-state index contributed by atoms with van der Waals surface area (Å²) in [5.74, 6) is -0.388. The molecule has 0 saturated carbocycles. The van der Waals surface area contributed by atoms with Crippen molar-refractivity contribution in [2.24, 2.45) is 0 Å². The lowest BCUT2D eigenvalue weighted by Crippen LogP contribution is -2.05. The Hall–Kier alpha value is -2.41. The summed E-state index contributed by atoms with van der Waals surface area (Å²) in [6.07, 6.45) is 0. The fraction of sp³-hybridized carbons (Fsp3) is 0.308. The number of aromatic carboxylic acids is 1. The minimum atomic E-state index is -1.09. The molecule has 0 amide bonds. The van der Waals surface area contributed by atoms with Crippen LogP contribution in [-0.2, 0) is 4.74 Å². The number of rotatable bonds is 6. The summed E-state index contributed by atoms with van der Waals surface area (Å²) < 4.78 is 10.3. The Morgan fingerprint density at radius 2 is 1.95 bits per heavy atom. The normalized spacial score (nSPS) is 10.5. The first-order valence-electron chi connectivity index (χ1n) is 6.01. The highest BCUT2D eigenvalue weighted by molar-refractivity contribution is 5.86. The lowest BCUT2D eigenvalue weighted by Gasteiger charge is -2.06. The third-order valence-corrected chi connectivity index (χ3v) is 2.61. The molecule has 0 radical (unpaired) electrons. The fourth-order valence-corrected chi connectivity index (χ4v) is 1.61. The molecule has 0 bridgehead atoms. The quantitative estimate of drug-likeness (QED) is 0.801. The molecule has 0 unspecified atom stereocenters. The number of hydrogen-bond donors (Lipinski definition) is 1. The van der Waals surface area contributed by atoms with Gasteiger partial charge in [0.2, 0.25) is 0 Å². The van der Waals surface area contributed by atoms with Crippen LogP contribution in [0.4, 0.5) is 0 Å². The van der Waals surface area contributed by atoms with Gasteiger partial charge in [0, 0.05) is 7.11 Å². The van der Waals surface area contributed by atoms with Gasteiger partial charge in [-0.05, 0) is 31.2 Å². The number of aryl methyl sites for hydroxylation is 1. The zero-order valence-corrected chi connectivity index (χ0v) is 11.2. The second-order valence-electron chi connectivity index (χ2n) is 4.06. The van der Waals surface area contributed by atoms with Crippen LogP contribution in [0.1, 0.15) is 16.2 Å². The highest BCUT2D eigenvalue weighted by Gasteiger charge is 2.14. The maximum absolute atomic E-state index is 10.9.